The van der Waals surface area contributed by atoms with Crippen molar-refractivity contribution in [3.8, 4) is 0 Å². The van der Waals surface area contributed by atoms with Gasteiger partial charge in [0.15, 0.2) is 9.84 Å². The lowest BCUT2D eigenvalue weighted by molar-refractivity contribution is 0.0344. The normalized spacial score (nSPS) is 22.6. The minimum absolute atomic E-state index is 0.243. The van der Waals surface area contributed by atoms with Gasteiger partial charge in [-0.15, -0.1) is 0 Å². The molecule has 1 aromatic carbocycles. The smallest absolute Gasteiger partial charge is 0.196 e. The van der Waals surface area contributed by atoms with E-state index in [0.29, 0.717) is 18.0 Å². The molecule has 1 heterocycles. The predicted octanol–water partition coefficient (Wildman–Crippen LogP) is 1.06. The average molecular weight is 255 g/mol. The Morgan fingerprint density at radius 3 is 2.71 bits per heavy atom. The molecule has 1 unspecified atom stereocenters. The van der Waals surface area contributed by atoms with Gasteiger partial charge >= 0.3 is 0 Å². The lowest BCUT2D eigenvalue weighted by Gasteiger charge is -2.32. The molecule has 0 amide bonds. The highest BCUT2D eigenvalue weighted by Crippen LogP contribution is 2.23. The number of hydrogen-bond donors (Lipinski definition) is 0. The molecule has 1 aliphatic heterocycles. The Bertz CT molecular complexity index is 498. The highest BCUT2D eigenvalue weighted by molar-refractivity contribution is 7.92. The molecule has 4 nitrogen and oxygen atoms in total. The summed E-state index contributed by atoms with van der Waals surface area (Å²) in [6, 6.07) is 7.07. The van der Waals surface area contributed by atoms with Crippen molar-refractivity contribution < 1.29 is 13.2 Å². The molecule has 0 radical (unpaired) electrons. The van der Waals surface area contributed by atoms with Crippen LogP contribution in [0.25, 0.3) is 0 Å². The van der Waals surface area contributed by atoms with Gasteiger partial charge in [0.1, 0.15) is 5.37 Å². The molecule has 1 atom stereocenters. The fraction of sp³-hybridized carbons (Fsp3) is 0.500. The topological polar surface area (TPSA) is 46.6 Å². The van der Waals surface area contributed by atoms with E-state index in [-0.39, 0.29) is 6.61 Å². The summed E-state index contributed by atoms with van der Waals surface area (Å²) in [7, 11) is -1.52. The fourth-order valence-electron chi connectivity index (χ4n) is 2.01. The highest BCUT2D eigenvalue weighted by Gasteiger charge is 2.34. The first-order valence-corrected chi connectivity index (χ1v) is 7.15. The maximum atomic E-state index is 12.5. The molecule has 0 aliphatic carbocycles. The van der Waals surface area contributed by atoms with E-state index >= 15 is 0 Å². The Hall–Kier alpha value is -0.910. The molecule has 1 fully saturated rings. The SMILES string of the molecule is Cc1ccccc1S(=O)(=O)C1COCCN1C. The van der Waals surface area contributed by atoms with Crippen LogP contribution in [-0.2, 0) is 14.6 Å². The number of nitrogens with zero attached hydrogens (tertiary/aromatic N) is 1. The van der Waals surface area contributed by atoms with Gasteiger partial charge in [-0.3, -0.25) is 4.90 Å². The Kier molecular flexibility index (Phi) is 3.51. The third-order valence-electron chi connectivity index (χ3n) is 3.10. The van der Waals surface area contributed by atoms with E-state index in [1.54, 1.807) is 12.1 Å². The number of sulfone groups is 1. The molecule has 0 N–H and O–H groups in total. The summed E-state index contributed by atoms with van der Waals surface area (Å²) in [5.74, 6) is 0. The van der Waals surface area contributed by atoms with Crippen LogP contribution in [0.1, 0.15) is 5.56 Å². The maximum absolute atomic E-state index is 12.5. The van der Waals surface area contributed by atoms with Gasteiger partial charge < -0.3 is 4.74 Å². The van der Waals surface area contributed by atoms with Crippen molar-refractivity contribution in [2.75, 3.05) is 26.8 Å². The zero-order valence-electron chi connectivity index (χ0n) is 10.1. The van der Waals surface area contributed by atoms with Crippen molar-refractivity contribution in [2.24, 2.45) is 0 Å². The number of morpholine rings is 1. The first-order valence-electron chi connectivity index (χ1n) is 5.61. The average Bonchev–Trinajstić information content (AvgIpc) is 2.29. The van der Waals surface area contributed by atoms with Crippen LogP contribution < -0.4 is 0 Å². The van der Waals surface area contributed by atoms with Gasteiger partial charge in [-0.25, -0.2) is 8.42 Å². The fourth-order valence-corrected chi connectivity index (χ4v) is 3.95. The number of hydrogen-bond acceptors (Lipinski definition) is 4. The van der Waals surface area contributed by atoms with Crippen LogP contribution in [0, 0.1) is 6.92 Å². The van der Waals surface area contributed by atoms with Crippen molar-refractivity contribution in [2.45, 2.75) is 17.2 Å². The molecule has 94 valence electrons. The molecule has 0 saturated carbocycles. The Labute approximate surface area is 102 Å². The van der Waals surface area contributed by atoms with Crippen molar-refractivity contribution in [3.05, 3.63) is 29.8 Å². The van der Waals surface area contributed by atoms with Crippen LogP contribution in [0.4, 0.5) is 0 Å². The van der Waals surface area contributed by atoms with Crippen molar-refractivity contribution in [1.29, 1.82) is 0 Å². The molecule has 1 aromatic rings. The first-order chi connectivity index (χ1) is 8.03. The number of ether oxygens (including phenoxy) is 1. The zero-order chi connectivity index (χ0) is 12.5. The Balaban J connectivity index is 2.39. The molecule has 0 aromatic heterocycles. The van der Waals surface area contributed by atoms with Gasteiger partial charge in [0.25, 0.3) is 0 Å². The second kappa shape index (κ2) is 4.76. The summed E-state index contributed by atoms with van der Waals surface area (Å²) in [5.41, 5.74) is 0.784. The van der Waals surface area contributed by atoms with Crippen LogP contribution in [-0.4, -0.2) is 45.5 Å². The maximum Gasteiger partial charge on any atom is 0.196 e. The van der Waals surface area contributed by atoms with E-state index in [9.17, 15) is 8.42 Å². The number of benzene rings is 1. The van der Waals surface area contributed by atoms with Crippen molar-refractivity contribution >= 4 is 9.84 Å². The number of likely N-dealkylation sites (N-methyl/N-ethyl adjacent to an activating group) is 1. The van der Waals surface area contributed by atoms with Gasteiger partial charge in [-0.2, -0.15) is 0 Å². The van der Waals surface area contributed by atoms with E-state index in [1.165, 1.54) is 0 Å². The molecule has 1 saturated heterocycles. The van der Waals surface area contributed by atoms with Gasteiger partial charge in [0, 0.05) is 6.54 Å². The minimum atomic E-state index is -3.34. The first kappa shape index (κ1) is 12.5. The molecule has 0 spiro atoms. The van der Waals surface area contributed by atoms with Crippen LogP contribution in [0.15, 0.2) is 29.2 Å². The van der Waals surface area contributed by atoms with Crippen molar-refractivity contribution in [3.63, 3.8) is 0 Å². The lowest BCUT2D eigenvalue weighted by atomic mass is 10.2. The number of aryl methyl sites for hydroxylation is 1. The summed E-state index contributed by atoms with van der Waals surface area (Å²) in [6.45, 7) is 3.30. The van der Waals surface area contributed by atoms with Gasteiger partial charge in [-0.05, 0) is 25.6 Å². The van der Waals surface area contributed by atoms with E-state index in [0.717, 1.165) is 5.56 Å². The minimum Gasteiger partial charge on any atom is -0.377 e. The Morgan fingerprint density at radius 1 is 1.35 bits per heavy atom. The predicted molar refractivity (Wildman–Crippen MR) is 65.6 cm³/mol. The van der Waals surface area contributed by atoms with Gasteiger partial charge in [0.2, 0.25) is 0 Å². The second-order valence-electron chi connectivity index (χ2n) is 4.32. The zero-order valence-corrected chi connectivity index (χ0v) is 10.9. The largest absolute Gasteiger partial charge is 0.377 e. The van der Waals surface area contributed by atoms with Crippen LogP contribution in [0.5, 0.6) is 0 Å². The summed E-state index contributed by atoms with van der Waals surface area (Å²) in [5, 5.41) is -0.572. The van der Waals surface area contributed by atoms with Crippen molar-refractivity contribution in [1.82, 2.24) is 4.90 Å². The molecule has 5 heteroatoms. The van der Waals surface area contributed by atoms with E-state index < -0.39 is 15.2 Å². The van der Waals surface area contributed by atoms with Crippen LogP contribution in [0.3, 0.4) is 0 Å². The van der Waals surface area contributed by atoms with Gasteiger partial charge in [-0.1, -0.05) is 18.2 Å². The molecule has 17 heavy (non-hydrogen) atoms. The third-order valence-corrected chi connectivity index (χ3v) is 5.38. The molecule has 2 rings (SSSR count). The summed E-state index contributed by atoms with van der Waals surface area (Å²) >= 11 is 0. The standard InChI is InChI=1S/C12H17NO3S/c1-10-5-3-4-6-11(10)17(14,15)12-9-16-8-7-13(12)2/h3-6,12H,7-9H2,1-2H3. The van der Waals surface area contributed by atoms with Crippen LogP contribution >= 0.6 is 0 Å². The molecular weight excluding hydrogens is 238 g/mol. The summed E-state index contributed by atoms with van der Waals surface area (Å²) in [4.78, 5) is 2.24. The highest BCUT2D eigenvalue weighted by atomic mass is 32.2. The summed E-state index contributed by atoms with van der Waals surface area (Å²) in [6.07, 6.45) is 0. The quantitative estimate of drug-likeness (QED) is 0.792. The summed E-state index contributed by atoms with van der Waals surface area (Å²) < 4.78 is 30.3. The van der Waals surface area contributed by atoms with E-state index in [1.807, 2.05) is 31.0 Å². The second-order valence-corrected chi connectivity index (χ2v) is 6.39. The molecular formula is C12H17NO3S. The monoisotopic (exact) mass is 255 g/mol. The van der Waals surface area contributed by atoms with E-state index in [2.05, 4.69) is 0 Å². The molecule has 0 bridgehead atoms. The lowest BCUT2D eigenvalue weighted by Crippen LogP contribution is -2.47. The molecule has 1 aliphatic rings. The van der Waals surface area contributed by atoms with Crippen LogP contribution in [0.2, 0.25) is 0 Å². The van der Waals surface area contributed by atoms with E-state index in [4.69, 9.17) is 4.74 Å². The van der Waals surface area contributed by atoms with Gasteiger partial charge in [0.05, 0.1) is 18.1 Å². The Morgan fingerprint density at radius 2 is 2.06 bits per heavy atom. The third kappa shape index (κ3) is 2.36. The number of rotatable bonds is 2.